The molecule has 0 aliphatic carbocycles. The zero-order valence-electron chi connectivity index (χ0n) is 10.9. The fraction of sp³-hybridized carbons (Fsp3) is 0.200. The summed E-state index contributed by atoms with van der Waals surface area (Å²) in [6.45, 7) is 2.08. The first kappa shape index (κ1) is 14.1. The van der Waals surface area contributed by atoms with E-state index in [-0.39, 0.29) is 0 Å². The predicted molar refractivity (Wildman–Crippen MR) is 83.2 cm³/mol. The molecule has 0 aliphatic heterocycles. The van der Waals surface area contributed by atoms with Gasteiger partial charge in [0.25, 0.3) is 0 Å². The Morgan fingerprint density at radius 2 is 2.00 bits per heavy atom. The lowest BCUT2D eigenvalue weighted by Gasteiger charge is -2.09. The number of benzene rings is 2. The van der Waals surface area contributed by atoms with Crippen molar-refractivity contribution in [3.8, 4) is 5.75 Å². The number of thioether (sulfide) groups is 1. The number of nitrogen functional groups attached to an aromatic ring is 1. The van der Waals surface area contributed by atoms with Gasteiger partial charge in [-0.05, 0) is 31.2 Å². The maximum Gasteiger partial charge on any atom is 0.122 e. The quantitative estimate of drug-likeness (QED) is 0.664. The molecule has 0 aliphatic rings. The molecule has 2 N–H and O–H groups in total. The number of methoxy groups -OCH3 is 1. The van der Waals surface area contributed by atoms with E-state index in [0.717, 1.165) is 16.4 Å². The van der Waals surface area contributed by atoms with Crippen LogP contribution in [0.3, 0.4) is 0 Å². The van der Waals surface area contributed by atoms with Gasteiger partial charge in [0.1, 0.15) is 5.75 Å². The van der Waals surface area contributed by atoms with E-state index in [1.165, 1.54) is 11.1 Å². The van der Waals surface area contributed by atoms with Crippen LogP contribution in [-0.4, -0.2) is 7.11 Å². The van der Waals surface area contributed by atoms with Crippen LogP contribution in [0.15, 0.2) is 41.3 Å². The maximum absolute atomic E-state index is 6.02. The lowest BCUT2D eigenvalue weighted by molar-refractivity contribution is 0.411. The molecule has 0 saturated carbocycles. The van der Waals surface area contributed by atoms with Gasteiger partial charge in [0.05, 0.1) is 17.8 Å². The predicted octanol–water partition coefficient (Wildman–Crippen LogP) is 4.53. The van der Waals surface area contributed by atoms with Crippen LogP contribution < -0.4 is 10.5 Å². The third-order valence-corrected chi connectivity index (χ3v) is 4.17. The molecular weight excluding hydrogens is 278 g/mol. The van der Waals surface area contributed by atoms with E-state index in [1.807, 2.05) is 30.3 Å². The Bertz CT molecular complexity index is 586. The number of anilines is 1. The Morgan fingerprint density at radius 1 is 1.21 bits per heavy atom. The molecule has 0 saturated heterocycles. The second-order valence-corrected chi connectivity index (χ2v) is 5.74. The van der Waals surface area contributed by atoms with Crippen LogP contribution >= 0.6 is 23.4 Å². The lowest BCUT2D eigenvalue weighted by Crippen LogP contribution is -1.91. The van der Waals surface area contributed by atoms with E-state index in [9.17, 15) is 0 Å². The minimum absolute atomic E-state index is 0.598. The van der Waals surface area contributed by atoms with Crippen molar-refractivity contribution in [2.45, 2.75) is 17.6 Å². The van der Waals surface area contributed by atoms with Gasteiger partial charge < -0.3 is 10.5 Å². The Kier molecular flexibility index (Phi) is 4.61. The van der Waals surface area contributed by atoms with Crippen molar-refractivity contribution in [2.24, 2.45) is 0 Å². The van der Waals surface area contributed by atoms with Gasteiger partial charge in [-0.25, -0.2) is 0 Å². The largest absolute Gasteiger partial charge is 0.496 e. The van der Waals surface area contributed by atoms with Crippen LogP contribution in [0, 0.1) is 6.92 Å². The number of nitrogens with two attached hydrogens (primary N) is 1. The van der Waals surface area contributed by atoms with Gasteiger partial charge in [0.15, 0.2) is 0 Å². The second kappa shape index (κ2) is 6.22. The highest BCUT2D eigenvalue weighted by atomic mass is 35.5. The summed E-state index contributed by atoms with van der Waals surface area (Å²) in [5, 5.41) is 0.598. The van der Waals surface area contributed by atoms with Gasteiger partial charge in [-0.1, -0.05) is 29.3 Å². The molecule has 0 atom stereocenters. The molecule has 2 rings (SSSR count). The monoisotopic (exact) mass is 293 g/mol. The Labute approximate surface area is 122 Å². The molecule has 0 aromatic heterocycles. The van der Waals surface area contributed by atoms with Gasteiger partial charge >= 0.3 is 0 Å². The standard InChI is InChI=1S/C15H16ClNOS/c1-10-3-6-15(18-2)11(7-10)9-19-12-4-5-14(17)13(16)8-12/h3-8H,9,17H2,1-2H3. The number of ether oxygens (including phenoxy) is 1. The van der Waals surface area contributed by atoms with E-state index in [1.54, 1.807) is 18.9 Å². The smallest absolute Gasteiger partial charge is 0.122 e. The zero-order valence-corrected chi connectivity index (χ0v) is 12.5. The van der Waals surface area contributed by atoms with Crippen LogP contribution in [0.25, 0.3) is 0 Å². The van der Waals surface area contributed by atoms with Crippen molar-refractivity contribution in [3.63, 3.8) is 0 Å². The molecule has 2 aromatic carbocycles. The molecule has 0 amide bonds. The average molecular weight is 294 g/mol. The third-order valence-electron chi connectivity index (χ3n) is 2.80. The number of halogens is 1. The fourth-order valence-electron chi connectivity index (χ4n) is 1.78. The van der Waals surface area contributed by atoms with Gasteiger partial charge in [0.2, 0.25) is 0 Å². The molecule has 19 heavy (non-hydrogen) atoms. The van der Waals surface area contributed by atoms with Crippen LogP contribution in [0.1, 0.15) is 11.1 Å². The number of rotatable bonds is 4. The summed E-state index contributed by atoms with van der Waals surface area (Å²) in [5.74, 6) is 1.75. The Hall–Kier alpha value is -1.32. The fourth-order valence-corrected chi connectivity index (χ4v) is 2.94. The van der Waals surface area contributed by atoms with Gasteiger partial charge in [-0.2, -0.15) is 0 Å². The summed E-state index contributed by atoms with van der Waals surface area (Å²) in [5.41, 5.74) is 8.72. The van der Waals surface area contributed by atoms with E-state index < -0.39 is 0 Å². The highest BCUT2D eigenvalue weighted by Crippen LogP contribution is 2.31. The van der Waals surface area contributed by atoms with Crippen molar-refractivity contribution in [3.05, 3.63) is 52.5 Å². The molecule has 100 valence electrons. The highest BCUT2D eigenvalue weighted by molar-refractivity contribution is 7.98. The lowest BCUT2D eigenvalue weighted by atomic mass is 10.1. The molecule has 0 radical (unpaired) electrons. The molecule has 0 spiro atoms. The summed E-state index contributed by atoms with van der Waals surface area (Å²) in [6, 6.07) is 11.9. The summed E-state index contributed by atoms with van der Waals surface area (Å²) >= 11 is 7.73. The van der Waals surface area contributed by atoms with Gasteiger partial charge in [-0.3, -0.25) is 0 Å². The van der Waals surface area contributed by atoms with Gasteiger partial charge in [0, 0.05) is 16.2 Å². The molecule has 4 heteroatoms. The number of hydrogen-bond donors (Lipinski definition) is 1. The molecule has 2 nitrogen and oxygen atoms in total. The van der Waals surface area contributed by atoms with E-state index >= 15 is 0 Å². The summed E-state index contributed by atoms with van der Waals surface area (Å²) in [7, 11) is 1.69. The summed E-state index contributed by atoms with van der Waals surface area (Å²) in [6.07, 6.45) is 0. The minimum atomic E-state index is 0.598. The first-order chi connectivity index (χ1) is 9.10. The maximum atomic E-state index is 6.02. The highest BCUT2D eigenvalue weighted by Gasteiger charge is 2.05. The second-order valence-electron chi connectivity index (χ2n) is 4.29. The van der Waals surface area contributed by atoms with Crippen molar-refractivity contribution < 1.29 is 4.74 Å². The molecular formula is C15H16ClNOS. The molecule has 2 aromatic rings. The molecule has 0 unspecified atom stereocenters. The first-order valence-electron chi connectivity index (χ1n) is 5.91. The Balaban J connectivity index is 2.13. The van der Waals surface area contributed by atoms with E-state index in [4.69, 9.17) is 22.1 Å². The SMILES string of the molecule is COc1ccc(C)cc1CSc1ccc(N)c(Cl)c1. The number of hydrogen-bond acceptors (Lipinski definition) is 3. The third kappa shape index (κ3) is 3.58. The van der Waals surface area contributed by atoms with Crippen LogP contribution in [0.2, 0.25) is 5.02 Å². The van der Waals surface area contributed by atoms with E-state index in [0.29, 0.717) is 10.7 Å². The average Bonchev–Trinajstić information content (AvgIpc) is 2.40. The molecule has 0 fully saturated rings. The normalized spacial score (nSPS) is 10.5. The van der Waals surface area contributed by atoms with E-state index in [2.05, 4.69) is 13.0 Å². The van der Waals surface area contributed by atoms with Crippen molar-refractivity contribution in [2.75, 3.05) is 12.8 Å². The number of aryl methyl sites for hydroxylation is 1. The Morgan fingerprint density at radius 3 is 2.68 bits per heavy atom. The van der Waals surface area contributed by atoms with Crippen LogP contribution in [0.5, 0.6) is 5.75 Å². The van der Waals surface area contributed by atoms with Crippen molar-refractivity contribution >= 4 is 29.1 Å². The van der Waals surface area contributed by atoms with Gasteiger partial charge in [-0.15, -0.1) is 11.8 Å². The molecule has 0 heterocycles. The molecule has 0 bridgehead atoms. The van der Waals surface area contributed by atoms with Crippen molar-refractivity contribution in [1.82, 2.24) is 0 Å². The van der Waals surface area contributed by atoms with Crippen LogP contribution in [-0.2, 0) is 5.75 Å². The topological polar surface area (TPSA) is 35.2 Å². The van der Waals surface area contributed by atoms with Crippen LogP contribution in [0.4, 0.5) is 5.69 Å². The summed E-state index contributed by atoms with van der Waals surface area (Å²) < 4.78 is 5.37. The summed E-state index contributed by atoms with van der Waals surface area (Å²) in [4.78, 5) is 1.10. The zero-order chi connectivity index (χ0) is 13.8. The van der Waals surface area contributed by atoms with Crippen molar-refractivity contribution in [1.29, 1.82) is 0 Å². The first-order valence-corrected chi connectivity index (χ1v) is 7.28. The minimum Gasteiger partial charge on any atom is -0.496 e.